The summed E-state index contributed by atoms with van der Waals surface area (Å²) in [5.74, 6) is 0.631. The van der Waals surface area contributed by atoms with Crippen molar-refractivity contribution < 1.29 is 4.74 Å². The van der Waals surface area contributed by atoms with Crippen LogP contribution in [0.25, 0.3) is 4.96 Å². The van der Waals surface area contributed by atoms with E-state index in [-0.39, 0.29) is 0 Å². The molecule has 0 bridgehead atoms. The molecule has 0 saturated carbocycles. The normalized spacial score (nSPS) is 25.9. The molecule has 1 fully saturated rings. The summed E-state index contributed by atoms with van der Waals surface area (Å²) in [4.78, 5) is 5.71. The van der Waals surface area contributed by atoms with Crippen LogP contribution >= 0.6 is 11.3 Å². The molecule has 2 aromatic rings. The van der Waals surface area contributed by atoms with Crippen molar-refractivity contribution in [3.63, 3.8) is 0 Å². The number of imidazole rings is 1. The van der Waals surface area contributed by atoms with Crippen LogP contribution in [0.2, 0.25) is 0 Å². The Morgan fingerprint density at radius 3 is 3.22 bits per heavy atom. The van der Waals surface area contributed by atoms with E-state index in [0.717, 1.165) is 23.7 Å². The number of fused-ring (bicyclic) bond motifs is 1. The summed E-state index contributed by atoms with van der Waals surface area (Å²) in [5, 5.41) is 5.45. The van der Waals surface area contributed by atoms with Crippen LogP contribution in [-0.4, -0.2) is 35.2 Å². The van der Waals surface area contributed by atoms with Gasteiger partial charge in [0, 0.05) is 36.8 Å². The van der Waals surface area contributed by atoms with E-state index in [9.17, 15) is 0 Å². The smallest absolute Gasteiger partial charge is 0.193 e. The van der Waals surface area contributed by atoms with Gasteiger partial charge in [0.25, 0.3) is 0 Å². The first-order chi connectivity index (χ1) is 8.78. The number of rotatable bonds is 4. The SMILES string of the molecule is CNC(Cc1cn2ccsc2n1)C1OCCC1C. The molecule has 5 heteroatoms. The van der Waals surface area contributed by atoms with Crippen molar-refractivity contribution in [1.29, 1.82) is 0 Å². The molecular formula is C13H19N3OS. The van der Waals surface area contributed by atoms with Gasteiger partial charge in [0.2, 0.25) is 0 Å². The first-order valence-electron chi connectivity index (χ1n) is 6.48. The molecule has 0 radical (unpaired) electrons. The van der Waals surface area contributed by atoms with Gasteiger partial charge in [0.1, 0.15) is 0 Å². The molecule has 3 atom stereocenters. The molecule has 0 spiro atoms. The molecule has 0 aliphatic carbocycles. The zero-order chi connectivity index (χ0) is 12.5. The Labute approximate surface area is 111 Å². The Hall–Kier alpha value is -0.910. The highest BCUT2D eigenvalue weighted by molar-refractivity contribution is 7.15. The van der Waals surface area contributed by atoms with E-state index in [1.54, 1.807) is 11.3 Å². The minimum atomic E-state index is 0.315. The van der Waals surface area contributed by atoms with Crippen molar-refractivity contribution in [1.82, 2.24) is 14.7 Å². The number of likely N-dealkylation sites (N-methyl/N-ethyl adjacent to an activating group) is 1. The third-order valence-corrected chi connectivity index (χ3v) is 4.55. The summed E-state index contributed by atoms with van der Waals surface area (Å²) >= 11 is 1.68. The van der Waals surface area contributed by atoms with E-state index in [2.05, 4.69) is 39.4 Å². The van der Waals surface area contributed by atoms with Crippen molar-refractivity contribution in [3.8, 4) is 0 Å². The lowest BCUT2D eigenvalue weighted by Gasteiger charge is -2.25. The molecule has 18 heavy (non-hydrogen) atoms. The lowest BCUT2D eigenvalue weighted by Crippen LogP contribution is -2.42. The summed E-state index contributed by atoms with van der Waals surface area (Å²) in [6, 6.07) is 0.354. The zero-order valence-electron chi connectivity index (χ0n) is 10.8. The summed E-state index contributed by atoms with van der Waals surface area (Å²) in [6.45, 7) is 3.16. The van der Waals surface area contributed by atoms with E-state index in [1.807, 2.05) is 7.05 Å². The van der Waals surface area contributed by atoms with Gasteiger partial charge in [0.15, 0.2) is 4.96 Å². The number of aromatic nitrogens is 2. The summed E-state index contributed by atoms with van der Waals surface area (Å²) in [5.41, 5.74) is 1.14. The minimum Gasteiger partial charge on any atom is -0.376 e. The summed E-state index contributed by atoms with van der Waals surface area (Å²) in [6.07, 6.45) is 6.59. The Morgan fingerprint density at radius 1 is 1.67 bits per heavy atom. The molecule has 1 aliphatic heterocycles. The number of nitrogens with zero attached hydrogens (tertiary/aromatic N) is 2. The first kappa shape index (κ1) is 12.1. The molecule has 98 valence electrons. The van der Waals surface area contributed by atoms with Crippen molar-refractivity contribution in [2.24, 2.45) is 5.92 Å². The number of hydrogen-bond acceptors (Lipinski definition) is 4. The van der Waals surface area contributed by atoms with Crippen LogP contribution in [0.3, 0.4) is 0 Å². The molecule has 4 nitrogen and oxygen atoms in total. The maximum absolute atomic E-state index is 5.85. The fourth-order valence-corrected chi connectivity index (χ4v) is 3.43. The average molecular weight is 265 g/mol. The molecule has 0 amide bonds. The van der Waals surface area contributed by atoms with E-state index in [1.165, 1.54) is 6.42 Å². The van der Waals surface area contributed by atoms with Crippen LogP contribution in [0, 0.1) is 5.92 Å². The Bertz CT molecular complexity index is 493. The van der Waals surface area contributed by atoms with Gasteiger partial charge in [-0.25, -0.2) is 4.98 Å². The summed E-state index contributed by atoms with van der Waals surface area (Å²) in [7, 11) is 2.01. The van der Waals surface area contributed by atoms with E-state index in [4.69, 9.17) is 4.74 Å². The molecule has 1 aliphatic rings. The molecule has 2 aromatic heterocycles. The maximum atomic E-state index is 5.85. The zero-order valence-corrected chi connectivity index (χ0v) is 11.6. The fraction of sp³-hybridized carbons (Fsp3) is 0.615. The number of ether oxygens (including phenoxy) is 1. The van der Waals surface area contributed by atoms with Crippen molar-refractivity contribution >= 4 is 16.3 Å². The minimum absolute atomic E-state index is 0.315. The van der Waals surface area contributed by atoms with Crippen LogP contribution in [-0.2, 0) is 11.2 Å². The quantitative estimate of drug-likeness (QED) is 0.918. The van der Waals surface area contributed by atoms with Crippen LogP contribution in [0.5, 0.6) is 0 Å². The molecule has 1 N–H and O–H groups in total. The van der Waals surface area contributed by atoms with Gasteiger partial charge in [-0.1, -0.05) is 6.92 Å². The highest BCUT2D eigenvalue weighted by Crippen LogP contribution is 2.24. The lowest BCUT2D eigenvalue weighted by molar-refractivity contribution is 0.0631. The Balaban J connectivity index is 1.75. The van der Waals surface area contributed by atoms with Crippen LogP contribution in [0.15, 0.2) is 17.8 Å². The van der Waals surface area contributed by atoms with Gasteiger partial charge in [-0.3, -0.25) is 4.40 Å². The van der Waals surface area contributed by atoms with Gasteiger partial charge >= 0.3 is 0 Å². The maximum Gasteiger partial charge on any atom is 0.193 e. The number of hydrogen-bond donors (Lipinski definition) is 1. The third-order valence-electron chi connectivity index (χ3n) is 3.78. The van der Waals surface area contributed by atoms with E-state index < -0.39 is 0 Å². The molecular weight excluding hydrogens is 246 g/mol. The van der Waals surface area contributed by atoms with Crippen LogP contribution in [0.4, 0.5) is 0 Å². The standard InChI is InChI=1S/C13H19N3OS/c1-9-3-5-17-12(9)11(14-2)7-10-8-16-4-6-18-13(16)15-10/h4,6,8-9,11-12,14H,3,5,7H2,1-2H3. The van der Waals surface area contributed by atoms with E-state index >= 15 is 0 Å². The van der Waals surface area contributed by atoms with Gasteiger partial charge in [0.05, 0.1) is 11.8 Å². The second-order valence-corrected chi connectivity index (χ2v) is 5.90. The predicted octanol–water partition coefficient (Wildman–Crippen LogP) is 1.95. The van der Waals surface area contributed by atoms with Gasteiger partial charge in [-0.2, -0.15) is 0 Å². The Morgan fingerprint density at radius 2 is 2.56 bits per heavy atom. The first-order valence-corrected chi connectivity index (χ1v) is 7.36. The largest absolute Gasteiger partial charge is 0.376 e. The molecule has 3 heterocycles. The summed E-state index contributed by atoms with van der Waals surface area (Å²) < 4.78 is 7.94. The lowest BCUT2D eigenvalue weighted by atomic mass is 9.95. The Kier molecular flexibility index (Phi) is 3.37. The van der Waals surface area contributed by atoms with Crippen LogP contribution in [0.1, 0.15) is 19.0 Å². The average Bonchev–Trinajstić information content (AvgIpc) is 3.01. The molecule has 1 saturated heterocycles. The van der Waals surface area contributed by atoms with Crippen molar-refractivity contribution in [2.75, 3.05) is 13.7 Å². The monoisotopic (exact) mass is 265 g/mol. The second kappa shape index (κ2) is 4.99. The third kappa shape index (κ3) is 2.18. The molecule has 0 aromatic carbocycles. The topological polar surface area (TPSA) is 38.6 Å². The second-order valence-electron chi connectivity index (χ2n) is 5.03. The highest BCUT2D eigenvalue weighted by atomic mass is 32.1. The number of thiazole rings is 1. The number of nitrogens with one attached hydrogen (secondary N) is 1. The van der Waals surface area contributed by atoms with Gasteiger partial charge in [-0.15, -0.1) is 11.3 Å². The fourth-order valence-electron chi connectivity index (χ4n) is 2.71. The highest BCUT2D eigenvalue weighted by Gasteiger charge is 2.31. The molecule has 3 rings (SSSR count). The van der Waals surface area contributed by atoms with Gasteiger partial charge in [-0.05, 0) is 19.4 Å². The van der Waals surface area contributed by atoms with Crippen LogP contribution < -0.4 is 5.32 Å². The predicted molar refractivity (Wildman–Crippen MR) is 73.1 cm³/mol. The van der Waals surface area contributed by atoms with Crippen molar-refractivity contribution in [3.05, 3.63) is 23.5 Å². The van der Waals surface area contributed by atoms with Crippen molar-refractivity contribution in [2.45, 2.75) is 31.9 Å². The van der Waals surface area contributed by atoms with E-state index in [0.29, 0.717) is 18.1 Å². The molecule has 3 unspecified atom stereocenters. The van der Waals surface area contributed by atoms with Gasteiger partial charge < -0.3 is 10.1 Å².